The standard InChI is InChI=1S/C26H24F2N6O3/c1-26(27,28)15-29-23(35)14-37-20-4-2-3-17(9-20)24-33-22-13-36-12-21(22)25(34-24)32-19-7-5-16(6-8-19)18-10-30-31-11-18/h2-11H,12-15H2,1H3,(H,29,35)(H,30,31)(H,32,33,34). The number of hydrogen-bond donors (Lipinski definition) is 3. The molecular weight excluding hydrogens is 482 g/mol. The number of rotatable bonds is 9. The normalized spacial score (nSPS) is 12.7. The second kappa shape index (κ2) is 10.3. The van der Waals surface area contributed by atoms with E-state index in [1.165, 1.54) is 0 Å². The van der Waals surface area contributed by atoms with Crippen molar-refractivity contribution in [2.75, 3.05) is 18.5 Å². The van der Waals surface area contributed by atoms with Gasteiger partial charge in [0.05, 0.1) is 31.6 Å². The lowest BCUT2D eigenvalue weighted by molar-refractivity contribution is -0.124. The van der Waals surface area contributed by atoms with Gasteiger partial charge in [-0.05, 0) is 29.8 Å². The van der Waals surface area contributed by atoms with Gasteiger partial charge in [0.2, 0.25) is 0 Å². The highest BCUT2D eigenvalue weighted by atomic mass is 19.3. The highest BCUT2D eigenvalue weighted by Crippen LogP contribution is 2.31. The van der Waals surface area contributed by atoms with E-state index in [1.807, 2.05) is 36.5 Å². The molecule has 0 atom stereocenters. The average Bonchev–Trinajstić information content (AvgIpc) is 3.59. The molecule has 0 saturated carbocycles. The van der Waals surface area contributed by atoms with Crippen molar-refractivity contribution >= 4 is 17.4 Å². The molecule has 0 saturated heterocycles. The zero-order chi connectivity index (χ0) is 25.8. The molecule has 0 bridgehead atoms. The highest BCUT2D eigenvalue weighted by molar-refractivity contribution is 5.77. The van der Waals surface area contributed by atoms with Crippen molar-refractivity contribution in [3.8, 4) is 28.3 Å². The second-order valence-electron chi connectivity index (χ2n) is 8.67. The van der Waals surface area contributed by atoms with Gasteiger partial charge in [-0.25, -0.2) is 18.7 Å². The number of nitrogens with one attached hydrogen (secondary N) is 3. The van der Waals surface area contributed by atoms with E-state index < -0.39 is 18.4 Å². The molecule has 1 amide bonds. The van der Waals surface area contributed by atoms with Crippen LogP contribution >= 0.6 is 0 Å². The summed E-state index contributed by atoms with van der Waals surface area (Å²) in [5.41, 5.74) is 5.23. The summed E-state index contributed by atoms with van der Waals surface area (Å²) in [5, 5.41) is 12.3. The topological polar surface area (TPSA) is 114 Å². The van der Waals surface area contributed by atoms with E-state index in [9.17, 15) is 13.6 Å². The van der Waals surface area contributed by atoms with Gasteiger partial charge in [0.1, 0.15) is 11.6 Å². The molecule has 1 aliphatic rings. The summed E-state index contributed by atoms with van der Waals surface area (Å²) in [5.74, 6) is -2.14. The molecule has 0 unspecified atom stereocenters. The fourth-order valence-corrected chi connectivity index (χ4v) is 3.75. The Morgan fingerprint density at radius 3 is 2.70 bits per heavy atom. The fraction of sp³-hybridized carbons (Fsp3) is 0.231. The summed E-state index contributed by atoms with van der Waals surface area (Å²) in [6.45, 7) is 0.373. The number of carbonyl (C=O) groups is 1. The minimum absolute atomic E-state index is 0.372. The third-order valence-electron chi connectivity index (χ3n) is 5.62. The minimum Gasteiger partial charge on any atom is -0.484 e. The monoisotopic (exact) mass is 506 g/mol. The predicted octanol–water partition coefficient (Wildman–Crippen LogP) is 4.46. The molecule has 0 spiro atoms. The molecule has 2 aromatic heterocycles. The van der Waals surface area contributed by atoms with Crippen molar-refractivity contribution in [1.29, 1.82) is 0 Å². The van der Waals surface area contributed by atoms with Gasteiger partial charge < -0.3 is 20.1 Å². The molecule has 1 aliphatic heterocycles. The Balaban J connectivity index is 1.33. The van der Waals surface area contributed by atoms with E-state index in [4.69, 9.17) is 14.5 Å². The van der Waals surface area contributed by atoms with Crippen LogP contribution in [0.4, 0.5) is 20.3 Å². The van der Waals surface area contributed by atoms with Gasteiger partial charge in [-0.2, -0.15) is 5.10 Å². The van der Waals surface area contributed by atoms with Crippen molar-refractivity contribution in [2.24, 2.45) is 0 Å². The van der Waals surface area contributed by atoms with Crippen LogP contribution in [0.15, 0.2) is 60.9 Å². The third-order valence-corrected chi connectivity index (χ3v) is 5.62. The van der Waals surface area contributed by atoms with Crippen LogP contribution in [0.2, 0.25) is 0 Å². The van der Waals surface area contributed by atoms with Crippen LogP contribution in [-0.4, -0.2) is 45.1 Å². The van der Waals surface area contributed by atoms with Crippen LogP contribution in [0.3, 0.4) is 0 Å². The van der Waals surface area contributed by atoms with Crippen LogP contribution in [0.5, 0.6) is 5.75 Å². The lowest BCUT2D eigenvalue weighted by atomic mass is 10.1. The fourth-order valence-electron chi connectivity index (χ4n) is 3.75. The first kappa shape index (κ1) is 24.3. The number of anilines is 2. The molecule has 3 N–H and O–H groups in total. The van der Waals surface area contributed by atoms with Gasteiger partial charge in [-0.15, -0.1) is 0 Å². The Morgan fingerprint density at radius 1 is 1.11 bits per heavy atom. The number of hydrogen-bond acceptors (Lipinski definition) is 7. The van der Waals surface area contributed by atoms with Crippen molar-refractivity contribution in [1.82, 2.24) is 25.5 Å². The number of aromatic nitrogens is 4. The van der Waals surface area contributed by atoms with Crippen molar-refractivity contribution in [3.05, 3.63) is 72.2 Å². The smallest absolute Gasteiger partial charge is 0.262 e. The van der Waals surface area contributed by atoms with E-state index >= 15 is 0 Å². The molecule has 3 heterocycles. The molecule has 0 fully saturated rings. The third kappa shape index (κ3) is 6.07. The summed E-state index contributed by atoms with van der Waals surface area (Å²) in [6, 6.07) is 14.8. The largest absolute Gasteiger partial charge is 0.484 e. The van der Waals surface area contributed by atoms with Crippen molar-refractivity contribution in [3.63, 3.8) is 0 Å². The number of carbonyl (C=O) groups excluding carboxylic acids is 1. The number of aromatic amines is 1. The van der Waals surface area contributed by atoms with Gasteiger partial charge >= 0.3 is 0 Å². The van der Waals surface area contributed by atoms with Gasteiger partial charge in [-0.3, -0.25) is 9.89 Å². The lowest BCUT2D eigenvalue weighted by Crippen LogP contribution is -2.37. The van der Waals surface area contributed by atoms with Crippen LogP contribution < -0.4 is 15.4 Å². The summed E-state index contributed by atoms with van der Waals surface area (Å²) in [6.07, 6.45) is 3.59. The van der Waals surface area contributed by atoms with Gasteiger partial charge in [0.25, 0.3) is 11.8 Å². The second-order valence-corrected chi connectivity index (χ2v) is 8.67. The molecule has 4 aromatic rings. The highest BCUT2D eigenvalue weighted by Gasteiger charge is 2.22. The summed E-state index contributed by atoms with van der Waals surface area (Å²) in [4.78, 5) is 21.2. The number of halogens is 2. The van der Waals surface area contributed by atoms with E-state index in [0.717, 1.165) is 35.0 Å². The number of amides is 1. The Morgan fingerprint density at radius 2 is 1.95 bits per heavy atom. The minimum atomic E-state index is -2.99. The first-order chi connectivity index (χ1) is 17.8. The molecule has 0 aliphatic carbocycles. The quantitative estimate of drug-likeness (QED) is 0.307. The van der Waals surface area contributed by atoms with Gasteiger partial charge in [-0.1, -0.05) is 24.3 Å². The molecule has 9 nitrogen and oxygen atoms in total. The maximum atomic E-state index is 12.9. The number of fused-ring (bicyclic) bond motifs is 1. The zero-order valence-corrected chi connectivity index (χ0v) is 19.9. The van der Waals surface area contributed by atoms with Gasteiger partial charge in [0.15, 0.2) is 12.4 Å². The molecule has 190 valence electrons. The van der Waals surface area contributed by atoms with Crippen LogP contribution in [-0.2, 0) is 22.7 Å². The number of ether oxygens (including phenoxy) is 2. The van der Waals surface area contributed by atoms with Crippen molar-refractivity contribution < 1.29 is 23.0 Å². The summed E-state index contributed by atoms with van der Waals surface area (Å²) < 4.78 is 37.0. The Labute approximate surface area is 211 Å². The van der Waals surface area contributed by atoms with E-state index in [2.05, 4.69) is 25.8 Å². The first-order valence-corrected chi connectivity index (χ1v) is 11.6. The Kier molecular flexibility index (Phi) is 6.78. The average molecular weight is 507 g/mol. The van der Waals surface area contributed by atoms with Crippen LogP contribution in [0, 0.1) is 0 Å². The van der Waals surface area contributed by atoms with Crippen molar-refractivity contribution in [2.45, 2.75) is 26.1 Å². The van der Waals surface area contributed by atoms with Crippen LogP contribution in [0.25, 0.3) is 22.5 Å². The number of nitrogens with zero attached hydrogens (tertiary/aromatic N) is 3. The number of H-pyrrole nitrogens is 1. The first-order valence-electron chi connectivity index (χ1n) is 11.6. The Hall–Kier alpha value is -4.38. The molecule has 37 heavy (non-hydrogen) atoms. The van der Waals surface area contributed by atoms with E-state index in [-0.39, 0.29) is 6.61 Å². The van der Waals surface area contributed by atoms with Gasteiger partial charge in [0, 0.05) is 35.5 Å². The molecule has 2 aromatic carbocycles. The summed E-state index contributed by atoms with van der Waals surface area (Å²) in [7, 11) is 0. The van der Waals surface area contributed by atoms with E-state index in [0.29, 0.717) is 36.2 Å². The maximum Gasteiger partial charge on any atom is 0.262 e. The molecule has 11 heteroatoms. The zero-order valence-electron chi connectivity index (χ0n) is 19.9. The lowest BCUT2D eigenvalue weighted by Gasteiger charge is -2.13. The van der Waals surface area contributed by atoms with Crippen LogP contribution in [0.1, 0.15) is 18.2 Å². The molecule has 5 rings (SSSR count). The maximum absolute atomic E-state index is 12.9. The SMILES string of the molecule is CC(F)(F)CNC(=O)COc1cccc(-c2nc3c(c(Nc4ccc(-c5cn[nH]c5)cc4)n2)COC3)c1. The Bertz CT molecular complexity index is 1390. The number of alkyl halides is 2. The summed E-state index contributed by atoms with van der Waals surface area (Å²) >= 11 is 0. The molecular formula is C26H24F2N6O3. The number of benzene rings is 2. The van der Waals surface area contributed by atoms with E-state index in [1.54, 1.807) is 24.4 Å². The predicted molar refractivity (Wildman–Crippen MR) is 132 cm³/mol. The molecule has 0 radical (unpaired) electrons.